The van der Waals surface area contributed by atoms with Crippen molar-refractivity contribution < 1.29 is 4.79 Å². The molecule has 0 radical (unpaired) electrons. The lowest BCUT2D eigenvalue weighted by Gasteiger charge is -2.17. The summed E-state index contributed by atoms with van der Waals surface area (Å²) >= 11 is 0. The zero-order valence-electron chi connectivity index (χ0n) is 8.92. The lowest BCUT2D eigenvalue weighted by atomic mass is 9.88. The van der Waals surface area contributed by atoms with Crippen LogP contribution in [0.5, 0.6) is 0 Å². The summed E-state index contributed by atoms with van der Waals surface area (Å²) in [6.45, 7) is 0. The van der Waals surface area contributed by atoms with Crippen LogP contribution in [0.2, 0.25) is 0 Å². The van der Waals surface area contributed by atoms with E-state index in [0.717, 1.165) is 22.4 Å². The van der Waals surface area contributed by atoms with Gasteiger partial charge >= 0.3 is 0 Å². The summed E-state index contributed by atoms with van der Waals surface area (Å²) in [5, 5.41) is 0. The summed E-state index contributed by atoms with van der Waals surface area (Å²) in [6, 6.07) is 11.6. The molecule has 0 fully saturated rings. The van der Waals surface area contributed by atoms with E-state index < -0.39 is 0 Å². The van der Waals surface area contributed by atoms with Gasteiger partial charge in [0.1, 0.15) is 0 Å². The number of carbonyl (C=O) groups excluding carboxylic acids is 1. The Bertz CT molecular complexity index is 555. The molecule has 1 aliphatic rings. The molecule has 0 saturated carbocycles. The van der Waals surface area contributed by atoms with Gasteiger partial charge in [0.15, 0.2) is 5.78 Å². The van der Waals surface area contributed by atoms with Crippen molar-refractivity contribution in [2.45, 2.75) is 6.42 Å². The molecular weight excluding hydrogens is 257 g/mol. The fraction of sp³-hybridized carbons (Fsp3) is 0.0769. The van der Waals surface area contributed by atoms with Crippen LogP contribution >= 0.6 is 24.8 Å². The van der Waals surface area contributed by atoms with Gasteiger partial charge in [0.2, 0.25) is 0 Å². The first-order valence-corrected chi connectivity index (χ1v) is 4.93. The van der Waals surface area contributed by atoms with E-state index in [4.69, 9.17) is 0 Å². The highest BCUT2D eigenvalue weighted by Crippen LogP contribution is 2.31. The Labute approximate surface area is 112 Å². The maximum atomic E-state index is 11.8. The number of halogens is 2. The summed E-state index contributed by atoms with van der Waals surface area (Å²) in [6.07, 6.45) is 2.16. The molecular formula is C13H11Cl2NO. The Kier molecular flexibility index (Phi) is 4.27. The molecule has 0 saturated heterocycles. The van der Waals surface area contributed by atoms with Crippen molar-refractivity contribution in [2.24, 2.45) is 0 Å². The topological polar surface area (TPSA) is 30.0 Å². The van der Waals surface area contributed by atoms with Crippen LogP contribution in [0.4, 0.5) is 0 Å². The number of fused-ring (bicyclic) bond motifs is 3. The molecule has 0 unspecified atom stereocenters. The Hall–Kier alpha value is -1.38. The number of nitrogens with zero attached hydrogens (tertiary/aromatic N) is 1. The molecule has 1 aromatic heterocycles. The van der Waals surface area contributed by atoms with Gasteiger partial charge in [0.25, 0.3) is 0 Å². The number of carbonyl (C=O) groups is 1. The summed E-state index contributed by atoms with van der Waals surface area (Å²) < 4.78 is 0. The van der Waals surface area contributed by atoms with E-state index in [-0.39, 0.29) is 30.6 Å². The highest BCUT2D eigenvalue weighted by Gasteiger charge is 2.22. The van der Waals surface area contributed by atoms with E-state index in [0.29, 0.717) is 6.42 Å². The number of hydrogen-bond donors (Lipinski definition) is 0. The number of benzene rings is 1. The molecule has 0 spiro atoms. The van der Waals surface area contributed by atoms with Crippen molar-refractivity contribution in [3.05, 3.63) is 53.9 Å². The first-order chi connectivity index (χ1) is 7.36. The quantitative estimate of drug-likeness (QED) is 0.733. The molecule has 0 bridgehead atoms. The van der Waals surface area contributed by atoms with Gasteiger partial charge < -0.3 is 0 Å². The lowest BCUT2D eigenvalue weighted by Crippen LogP contribution is -2.13. The fourth-order valence-electron chi connectivity index (χ4n) is 2.03. The second-order valence-electron chi connectivity index (χ2n) is 3.64. The maximum Gasteiger partial charge on any atom is 0.169 e. The van der Waals surface area contributed by atoms with Gasteiger partial charge in [0.05, 0.1) is 12.1 Å². The molecule has 1 aliphatic carbocycles. The average Bonchev–Trinajstić information content (AvgIpc) is 2.30. The van der Waals surface area contributed by atoms with Crippen LogP contribution < -0.4 is 0 Å². The smallest absolute Gasteiger partial charge is 0.169 e. The zero-order chi connectivity index (χ0) is 10.3. The van der Waals surface area contributed by atoms with Crippen molar-refractivity contribution in [2.75, 3.05) is 0 Å². The van der Waals surface area contributed by atoms with E-state index in [9.17, 15) is 4.79 Å². The number of ketones is 1. The molecule has 0 aliphatic heterocycles. The first kappa shape index (κ1) is 13.7. The molecule has 1 heterocycles. The van der Waals surface area contributed by atoms with Gasteiger partial charge in [-0.1, -0.05) is 30.3 Å². The van der Waals surface area contributed by atoms with E-state index >= 15 is 0 Å². The molecule has 2 aromatic rings. The van der Waals surface area contributed by atoms with Crippen LogP contribution in [-0.2, 0) is 6.42 Å². The number of rotatable bonds is 0. The molecule has 17 heavy (non-hydrogen) atoms. The van der Waals surface area contributed by atoms with Crippen molar-refractivity contribution >= 4 is 30.6 Å². The Morgan fingerprint density at radius 3 is 2.29 bits per heavy atom. The van der Waals surface area contributed by atoms with Crippen LogP contribution in [-0.4, -0.2) is 10.8 Å². The van der Waals surface area contributed by atoms with Crippen molar-refractivity contribution in [3.63, 3.8) is 0 Å². The Morgan fingerprint density at radius 1 is 0.882 bits per heavy atom. The zero-order valence-corrected chi connectivity index (χ0v) is 10.6. The monoisotopic (exact) mass is 267 g/mol. The van der Waals surface area contributed by atoms with Crippen molar-refractivity contribution in [3.8, 4) is 11.1 Å². The van der Waals surface area contributed by atoms with Crippen LogP contribution in [0.25, 0.3) is 11.1 Å². The third-order valence-corrected chi connectivity index (χ3v) is 2.74. The second kappa shape index (κ2) is 5.30. The van der Waals surface area contributed by atoms with Gasteiger partial charge in [-0.2, -0.15) is 0 Å². The predicted octanol–water partition coefficient (Wildman–Crippen LogP) is 3.33. The third kappa shape index (κ3) is 2.19. The van der Waals surface area contributed by atoms with Gasteiger partial charge in [-0.15, -0.1) is 24.8 Å². The first-order valence-electron chi connectivity index (χ1n) is 4.93. The van der Waals surface area contributed by atoms with Crippen molar-refractivity contribution in [1.82, 2.24) is 4.98 Å². The average molecular weight is 268 g/mol. The summed E-state index contributed by atoms with van der Waals surface area (Å²) in [5.41, 5.74) is 3.81. The van der Waals surface area contributed by atoms with Gasteiger partial charge in [0, 0.05) is 17.3 Å². The lowest BCUT2D eigenvalue weighted by molar-refractivity contribution is 0.0991. The summed E-state index contributed by atoms with van der Waals surface area (Å²) in [7, 11) is 0. The normalized spacial score (nSPS) is 11.6. The number of pyridine rings is 1. The standard InChI is InChI=1S/C13H9NO.2ClH/c15-13-8-12-10(6-3-7-14-12)9-4-1-2-5-11(9)13;;/h1-7H,8H2;2*1H. The summed E-state index contributed by atoms with van der Waals surface area (Å²) in [5.74, 6) is 0.164. The molecule has 0 N–H and O–H groups in total. The predicted molar refractivity (Wildman–Crippen MR) is 72.2 cm³/mol. The van der Waals surface area contributed by atoms with E-state index in [1.54, 1.807) is 6.20 Å². The highest BCUT2D eigenvalue weighted by molar-refractivity contribution is 6.06. The Morgan fingerprint density at radius 2 is 1.53 bits per heavy atom. The summed E-state index contributed by atoms with van der Waals surface area (Å²) in [4.78, 5) is 16.1. The van der Waals surface area contributed by atoms with Crippen LogP contribution in [0.1, 0.15) is 16.1 Å². The molecule has 88 valence electrons. The van der Waals surface area contributed by atoms with Gasteiger partial charge in [-0.25, -0.2) is 0 Å². The molecule has 2 nitrogen and oxygen atoms in total. The highest BCUT2D eigenvalue weighted by atomic mass is 35.5. The Balaban J connectivity index is 0.000000722. The SMILES string of the molecule is Cl.Cl.O=C1Cc2ncccc2-c2ccccc21. The minimum Gasteiger partial charge on any atom is -0.294 e. The largest absolute Gasteiger partial charge is 0.294 e. The molecule has 3 rings (SSSR count). The number of aromatic nitrogens is 1. The fourth-order valence-corrected chi connectivity index (χ4v) is 2.03. The third-order valence-electron chi connectivity index (χ3n) is 2.74. The molecule has 4 heteroatoms. The van der Waals surface area contributed by atoms with Crippen LogP contribution in [0.15, 0.2) is 42.6 Å². The second-order valence-corrected chi connectivity index (χ2v) is 3.64. The number of hydrogen-bond acceptors (Lipinski definition) is 2. The van der Waals surface area contributed by atoms with Crippen LogP contribution in [0, 0.1) is 0 Å². The minimum absolute atomic E-state index is 0. The van der Waals surface area contributed by atoms with E-state index in [1.807, 2.05) is 36.4 Å². The van der Waals surface area contributed by atoms with E-state index in [1.165, 1.54) is 0 Å². The van der Waals surface area contributed by atoms with Crippen molar-refractivity contribution in [1.29, 1.82) is 0 Å². The minimum atomic E-state index is 0. The number of Topliss-reactive ketones (excluding diaryl/α,β-unsaturated/α-hetero) is 1. The molecule has 0 atom stereocenters. The maximum absolute atomic E-state index is 11.8. The molecule has 1 aromatic carbocycles. The van der Waals surface area contributed by atoms with Gasteiger partial charge in [-0.3, -0.25) is 9.78 Å². The van der Waals surface area contributed by atoms with E-state index in [2.05, 4.69) is 4.98 Å². The van der Waals surface area contributed by atoms with Crippen LogP contribution in [0.3, 0.4) is 0 Å². The molecule has 0 amide bonds. The van der Waals surface area contributed by atoms with Gasteiger partial charge in [-0.05, 0) is 11.6 Å².